The van der Waals surface area contributed by atoms with Gasteiger partial charge in [0.15, 0.2) is 45.1 Å². The van der Waals surface area contributed by atoms with E-state index in [1.165, 1.54) is 35.9 Å². The number of esters is 1. The average molecular weight is 1550 g/mol. The molecule has 1 atom stereocenters. The van der Waals surface area contributed by atoms with E-state index < -0.39 is 22.9 Å². The van der Waals surface area contributed by atoms with Crippen LogP contribution in [0.4, 0.5) is 23.0 Å². The van der Waals surface area contributed by atoms with Crippen molar-refractivity contribution in [3.63, 3.8) is 0 Å². The van der Waals surface area contributed by atoms with Crippen LogP contribution in [0.5, 0.6) is 11.5 Å². The lowest BCUT2D eigenvalue weighted by atomic mass is 9.86. The van der Waals surface area contributed by atoms with Crippen molar-refractivity contribution in [1.29, 1.82) is 0 Å². The van der Waals surface area contributed by atoms with Gasteiger partial charge >= 0.3 is 5.97 Å². The van der Waals surface area contributed by atoms with Crippen LogP contribution < -0.4 is 46.9 Å². The smallest absolute Gasteiger partial charge is 0.309 e. The zero-order valence-corrected chi connectivity index (χ0v) is 66.1. The van der Waals surface area contributed by atoms with Crippen molar-refractivity contribution in [2.24, 2.45) is 5.92 Å². The summed E-state index contributed by atoms with van der Waals surface area (Å²) in [5.41, 5.74) is 9.21. The minimum atomic E-state index is -0.508. The maximum atomic E-state index is 12.7. The molecule has 584 valence electrons. The number of pyridine rings is 1. The molecule has 2 amide bonds. The van der Waals surface area contributed by atoms with Crippen molar-refractivity contribution in [2.45, 2.75) is 91.3 Å². The highest BCUT2D eigenvalue weighted by molar-refractivity contribution is 7.99. The number of para-hydroxylation sites is 1. The Morgan fingerprint density at radius 2 is 1.26 bits per heavy atom. The van der Waals surface area contributed by atoms with Crippen LogP contribution >= 0.6 is 11.8 Å². The van der Waals surface area contributed by atoms with E-state index in [1.54, 1.807) is 89.5 Å². The van der Waals surface area contributed by atoms with Crippen LogP contribution in [0.2, 0.25) is 0 Å². The van der Waals surface area contributed by atoms with Gasteiger partial charge in [-0.25, -0.2) is 4.68 Å². The minimum Gasteiger partial charge on any atom is -0.486 e. The van der Waals surface area contributed by atoms with Crippen LogP contribution in [0.15, 0.2) is 236 Å². The summed E-state index contributed by atoms with van der Waals surface area (Å²) in [6, 6.07) is 63.2. The molecule has 0 aliphatic carbocycles. The molecule has 0 bridgehead atoms. The number of rotatable bonds is 18. The maximum absolute atomic E-state index is 12.7. The summed E-state index contributed by atoms with van der Waals surface area (Å²) in [5, 5.41) is 30.2. The number of amides is 2. The first kappa shape index (κ1) is 80.6. The number of ketones is 1. The number of Topliss-reactive ketones (excluding diaryl/α,β-unsaturated/α-hetero) is 1. The standard InChI is InChI=1S/C25H22N4O4S.C25H30N2O3.C23H26N4O2.C16H12N2O3/c1-16-2-6-19(7-3-16)26-24(31)18-5-9-23-27-28-25(29(23)14-18)34-15-20(30)12-17-4-8-21-22(13-17)33-11-10-32-21;1-16-7-12-19-21(28)14-23(30-22(19)13-16)24(29)26-15-20(27(5)6)17-8-10-18(11-9-17)25(2,3)4;1-3-29-23(28)17-12-14-27(15-13-17)22-20-7-5-4-6-19(20)21(25-26-22)24-18-10-8-16(2)9-11-18;1-11(19)17-15(20)13-9-5-6-10-14(13)16(21)18(17)12-7-3-2-4-8-12/h2-9,13-14H,10-12,15H2,1H3,(H,26,31);7-14,20H,15H2,1-6H3,(H,26,29);4-11,17H,3,12-15H2,1-2H3,(H,24,25);2-10H,1H3. The van der Waals surface area contributed by atoms with E-state index in [0.29, 0.717) is 76.3 Å². The van der Waals surface area contributed by atoms with Gasteiger partial charge < -0.3 is 44.4 Å². The molecule has 0 spiro atoms. The fourth-order valence-corrected chi connectivity index (χ4v) is 13.9. The number of thioether (sulfide) groups is 1. The fourth-order valence-electron chi connectivity index (χ4n) is 13.1. The molecule has 1 saturated heterocycles. The highest BCUT2D eigenvalue weighted by Crippen LogP contribution is 2.35. The number of likely N-dealkylation sites (N-methyl/N-ethyl adjacent to an activating group) is 1. The van der Waals surface area contributed by atoms with Crippen LogP contribution in [0.3, 0.4) is 0 Å². The van der Waals surface area contributed by atoms with Crippen LogP contribution in [0.25, 0.3) is 43.8 Å². The second-order valence-corrected chi connectivity index (χ2v) is 30.0. The van der Waals surface area contributed by atoms with Gasteiger partial charge in [0, 0.05) is 67.4 Å². The summed E-state index contributed by atoms with van der Waals surface area (Å²) in [6.45, 7) is 19.0. The second kappa shape index (κ2) is 36.5. The molecule has 25 heteroatoms. The summed E-state index contributed by atoms with van der Waals surface area (Å²) in [4.78, 5) is 104. The topological polar surface area (TPSA) is 286 Å². The zero-order valence-electron chi connectivity index (χ0n) is 65.3. The number of benzene rings is 8. The fraction of sp³-hybridized carbons (Fsp3) is 0.258. The lowest BCUT2D eigenvalue weighted by Crippen LogP contribution is -2.40. The number of carbonyl (C=O) groups excluding carboxylic acids is 5. The Bertz CT molecular complexity index is 5850. The second-order valence-electron chi connectivity index (χ2n) is 29.0. The van der Waals surface area contributed by atoms with Gasteiger partial charge in [0.05, 0.1) is 51.7 Å². The van der Waals surface area contributed by atoms with Crippen molar-refractivity contribution in [1.82, 2.24) is 44.4 Å². The Balaban J connectivity index is 0.000000142. The molecule has 1 fully saturated rings. The molecule has 3 N–H and O–H groups in total. The minimum absolute atomic E-state index is 0.00242. The molecule has 1 unspecified atom stereocenters. The number of fused-ring (bicyclic) bond motifs is 5. The Hall–Kier alpha value is -12.9. The van der Waals surface area contributed by atoms with Gasteiger partial charge in [0.25, 0.3) is 22.9 Å². The molecule has 0 saturated carbocycles. The summed E-state index contributed by atoms with van der Waals surface area (Å²) in [7, 11) is 3.96. The van der Waals surface area contributed by atoms with Crippen molar-refractivity contribution in [3.8, 4) is 17.2 Å². The predicted octanol–water partition coefficient (Wildman–Crippen LogP) is 14.7. The molecule has 7 heterocycles. The molecular formula is C89H90N12O12S. The average Bonchev–Trinajstić information content (AvgIpc) is 0.987. The number of aromatic nitrogens is 7. The van der Waals surface area contributed by atoms with Gasteiger partial charge in [-0.05, 0) is 167 Å². The normalized spacial score (nSPS) is 12.9. The third-order valence-electron chi connectivity index (χ3n) is 19.3. The molecule has 2 aliphatic rings. The predicted molar refractivity (Wildman–Crippen MR) is 446 cm³/mol. The monoisotopic (exact) mass is 1550 g/mol. The number of ether oxygens (including phenoxy) is 3. The van der Waals surface area contributed by atoms with Crippen molar-refractivity contribution in [3.05, 3.63) is 288 Å². The molecular weight excluding hydrogens is 1460 g/mol. The molecule has 0 radical (unpaired) electrons. The lowest BCUT2D eigenvalue weighted by Gasteiger charge is -2.32. The molecule has 15 rings (SSSR count). The number of hydrogen-bond donors (Lipinski definition) is 3. The van der Waals surface area contributed by atoms with E-state index in [2.05, 4.69) is 122 Å². The van der Waals surface area contributed by atoms with Gasteiger partial charge in [-0.1, -0.05) is 159 Å². The van der Waals surface area contributed by atoms with Crippen molar-refractivity contribution >= 4 is 102 Å². The van der Waals surface area contributed by atoms with E-state index >= 15 is 0 Å². The van der Waals surface area contributed by atoms with Gasteiger partial charge in [-0.15, -0.1) is 20.4 Å². The number of nitrogens with one attached hydrogen (secondary N) is 3. The molecule has 24 nitrogen and oxygen atoms in total. The van der Waals surface area contributed by atoms with E-state index in [4.69, 9.17) is 18.6 Å². The van der Waals surface area contributed by atoms with Crippen LogP contribution in [0, 0.1) is 26.7 Å². The molecule has 8 aromatic carbocycles. The summed E-state index contributed by atoms with van der Waals surface area (Å²) in [6.07, 6.45) is 3.52. The van der Waals surface area contributed by atoms with Gasteiger partial charge in [0.1, 0.15) is 24.6 Å². The number of hydrogen-bond acceptors (Lipinski definition) is 20. The van der Waals surface area contributed by atoms with Crippen LogP contribution in [-0.2, 0) is 26.2 Å². The van der Waals surface area contributed by atoms with Crippen LogP contribution in [-0.4, -0.2) is 128 Å². The first-order chi connectivity index (χ1) is 54.9. The van der Waals surface area contributed by atoms with Gasteiger partial charge in [0.2, 0.25) is 5.91 Å². The Kier molecular flexibility index (Phi) is 25.8. The third kappa shape index (κ3) is 19.7. The van der Waals surface area contributed by atoms with Gasteiger partial charge in [-0.3, -0.25) is 42.8 Å². The number of nitrogens with zero attached hydrogens (tertiary/aromatic N) is 9. The number of piperidine rings is 1. The van der Waals surface area contributed by atoms with E-state index in [1.807, 2.05) is 108 Å². The zero-order chi connectivity index (χ0) is 80.7. The Morgan fingerprint density at radius 3 is 1.92 bits per heavy atom. The first-order valence-electron chi connectivity index (χ1n) is 37.6. The number of aryl methyl sites for hydroxylation is 3. The van der Waals surface area contributed by atoms with Crippen molar-refractivity contribution < 1.29 is 42.6 Å². The quantitative estimate of drug-likeness (QED) is 0.0531. The van der Waals surface area contributed by atoms with Gasteiger partial charge in [-0.2, -0.15) is 4.68 Å². The van der Waals surface area contributed by atoms with Crippen LogP contribution in [0.1, 0.15) is 113 Å². The SMILES string of the molecule is CC(=O)n1c(=O)c2ccccc2c(=O)n1-c1ccccc1.CCOC(=O)C1CCN(c2nnc(Nc3ccc(C)cc3)c3ccccc23)CC1.Cc1ccc(NC(=O)c2ccc3nnc(SCC(=O)Cc4ccc5c(c4)OCCO5)n3c2)cc1.Cc1ccc2c(=O)cc(C(=O)NCC(c3ccc(C(C)(C)C)cc3)N(C)C)oc2c1. The highest BCUT2D eigenvalue weighted by atomic mass is 32.2. The molecule has 2 aliphatic heterocycles. The highest BCUT2D eigenvalue weighted by Gasteiger charge is 2.29. The molecule has 114 heavy (non-hydrogen) atoms. The summed E-state index contributed by atoms with van der Waals surface area (Å²) >= 11 is 1.29. The van der Waals surface area contributed by atoms with E-state index in [9.17, 15) is 38.4 Å². The largest absolute Gasteiger partial charge is 0.486 e. The van der Waals surface area contributed by atoms with E-state index in [0.717, 1.165) is 91.3 Å². The number of anilines is 4. The molecule has 5 aromatic heterocycles. The first-order valence-corrected chi connectivity index (χ1v) is 38.6. The third-order valence-corrected chi connectivity index (χ3v) is 20.3. The Labute approximate surface area is 663 Å². The summed E-state index contributed by atoms with van der Waals surface area (Å²) < 4.78 is 25.7. The lowest BCUT2D eigenvalue weighted by molar-refractivity contribution is -0.148. The maximum Gasteiger partial charge on any atom is 0.309 e. The Morgan fingerprint density at radius 1 is 0.632 bits per heavy atom. The van der Waals surface area contributed by atoms with E-state index in [-0.39, 0.29) is 63.8 Å². The molecule has 13 aromatic rings. The summed E-state index contributed by atoms with van der Waals surface area (Å²) in [5.74, 6) is 2.06. The van der Waals surface area contributed by atoms with Crippen molar-refractivity contribution in [2.75, 3.05) is 74.8 Å². The number of carbonyl (C=O) groups is 5.